The Balaban J connectivity index is 1.45. The van der Waals surface area contributed by atoms with Crippen molar-refractivity contribution in [2.75, 3.05) is 13.6 Å². The molecule has 0 atom stereocenters. The van der Waals surface area contributed by atoms with Crippen molar-refractivity contribution in [1.29, 1.82) is 0 Å². The number of aliphatic imine (C=N–C) groups is 1. The number of nitrogens with zero attached hydrogens (tertiary/aromatic N) is 2. The maximum atomic E-state index is 5.79. The molecular weight excluding hydrogens is 380 g/mol. The van der Waals surface area contributed by atoms with E-state index in [1.165, 1.54) is 4.88 Å². The Labute approximate surface area is 176 Å². The van der Waals surface area contributed by atoms with Crippen LogP contribution >= 0.6 is 11.3 Å². The van der Waals surface area contributed by atoms with Gasteiger partial charge in [-0.1, -0.05) is 38.1 Å². The van der Waals surface area contributed by atoms with Crippen molar-refractivity contribution < 1.29 is 4.74 Å². The first-order chi connectivity index (χ1) is 14.1. The summed E-state index contributed by atoms with van der Waals surface area (Å²) in [7, 11) is 1.79. The lowest BCUT2D eigenvalue weighted by molar-refractivity contribution is 0.301. The second kappa shape index (κ2) is 10.1. The maximum absolute atomic E-state index is 5.79. The summed E-state index contributed by atoms with van der Waals surface area (Å²) in [6.45, 7) is 6.45. The number of hydrogen-bond donors (Lipinski definition) is 2. The molecule has 0 fully saturated rings. The van der Waals surface area contributed by atoms with Crippen molar-refractivity contribution in [1.82, 2.24) is 15.6 Å². The first kappa shape index (κ1) is 20.9. The number of pyridine rings is 1. The van der Waals surface area contributed by atoms with Gasteiger partial charge in [0, 0.05) is 36.6 Å². The van der Waals surface area contributed by atoms with Crippen molar-refractivity contribution in [2.45, 2.75) is 32.4 Å². The van der Waals surface area contributed by atoms with Crippen LogP contribution in [0.4, 0.5) is 0 Å². The van der Waals surface area contributed by atoms with Gasteiger partial charge in [-0.25, -0.2) is 0 Å². The maximum Gasteiger partial charge on any atom is 0.191 e. The molecule has 0 spiro atoms. The Hall–Kier alpha value is -2.86. The predicted octanol–water partition coefficient (Wildman–Crippen LogP) is 4.36. The van der Waals surface area contributed by atoms with Gasteiger partial charge in [-0.05, 0) is 41.3 Å². The van der Waals surface area contributed by atoms with E-state index in [9.17, 15) is 0 Å². The molecule has 0 saturated heterocycles. The lowest BCUT2D eigenvalue weighted by Crippen LogP contribution is -2.42. The molecule has 2 aromatic heterocycles. The van der Waals surface area contributed by atoms with E-state index in [4.69, 9.17) is 4.74 Å². The monoisotopic (exact) mass is 408 g/mol. The molecule has 3 rings (SSSR count). The van der Waals surface area contributed by atoms with E-state index in [-0.39, 0.29) is 5.41 Å². The van der Waals surface area contributed by atoms with Crippen LogP contribution in [0, 0.1) is 0 Å². The number of ether oxygens (including phenoxy) is 1. The Bertz CT molecular complexity index is 890. The molecule has 0 aliphatic rings. The number of nitrogens with one attached hydrogen (secondary N) is 2. The first-order valence-electron chi connectivity index (χ1n) is 9.67. The van der Waals surface area contributed by atoms with Crippen molar-refractivity contribution in [2.24, 2.45) is 4.99 Å². The lowest BCUT2D eigenvalue weighted by atomic mass is 9.91. The number of hydrogen-bond acceptors (Lipinski definition) is 4. The summed E-state index contributed by atoms with van der Waals surface area (Å²) in [6.07, 6.45) is 1.77. The van der Waals surface area contributed by atoms with Crippen molar-refractivity contribution in [3.05, 3.63) is 82.3 Å². The van der Waals surface area contributed by atoms with Crippen LogP contribution < -0.4 is 15.4 Å². The van der Waals surface area contributed by atoms with Crippen LogP contribution in [0.25, 0.3) is 0 Å². The summed E-state index contributed by atoms with van der Waals surface area (Å²) >= 11 is 1.79. The van der Waals surface area contributed by atoms with Crippen LogP contribution in [0.15, 0.2) is 71.2 Å². The largest absolute Gasteiger partial charge is 0.487 e. The summed E-state index contributed by atoms with van der Waals surface area (Å²) in [6, 6.07) is 18.2. The van der Waals surface area contributed by atoms with Crippen LogP contribution in [0.3, 0.4) is 0 Å². The molecule has 152 valence electrons. The number of benzene rings is 1. The molecule has 29 heavy (non-hydrogen) atoms. The van der Waals surface area contributed by atoms with Crippen LogP contribution in [-0.4, -0.2) is 24.5 Å². The minimum atomic E-state index is 0.0540. The topological polar surface area (TPSA) is 58.5 Å². The van der Waals surface area contributed by atoms with Crippen LogP contribution in [-0.2, 0) is 18.6 Å². The van der Waals surface area contributed by atoms with E-state index in [1.54, 1.807) is 24.6 Å². The van der Waals surface area contributed by atoms with Gasteiger partial charge in [0.15, 0.2) is 5.96 Å². The van der Waals surface area contributed by atoms with E-state index >= 15 is 0 Å². The first-order valence-corrected chi connectivity index (χ1v) is 10.5. The second-order valence-electron chi connectivity index (χ2n) is 7.39. The lowest BCUT2D eigenvalue weighted by Gasteiger charge is -2.25. The normalized spacial score (nSPS) is 11.9. The summed E-state index contributed by atoms with van der Waals surface area (Å²) in [5, 5.41) is 8.92. The fraction of sp³-hybridized carbons (Fsp3) is 0.304. The van der Waals surface area contributed by atoms with Gasteiger partial charge < -0.3 is 15.4 Å². The minimum absolute atomic E-state index is 0.0540. The third kappa shape index (κ3) is 6.32. The fourth-order valence-corrected chi connectivity index (χ4v) is 3.66. The summed E-state index contributed by atoms with van der Waals surface area (Å²) in [5.41, 5.74) is 2.13. The zero-order valence-corrected chi connectivity index (χ0v) is 18.0. The van der Waals surface area contributed by atoms with Gasteiger partial charge in [0.2, 0.25) is 0 Å². The second-order valence-corrected chi connectivity index (χ2v) is 8.34. The van der Waals surface area contributed by atoms with E-state index in [0.29, 0.717) is 13.2 Å². The molecule has 2 heterocycles. The smallest absolute Gasteiger partial charge is 0.191 e. The van der Waals surface area contributed by atoms with Crippen LogP contribution in [0.5, 0.6) is 5.75 Å². The number of guanidine groups is 1. The number of rotatable bonds is 8. The van der Waals surface area contributed by atoms with Gasteiger partial charge in [-0.3, -0.25) is 9.98 Å². The third-order valence-corrected chi connectivity index (χ3v) is 5.84. The molecule has 6 heteroatoms. The molecule has 1 aromatic carbocycles. The molecule has 0 unspecified atom stereocenters. The van der Waals surface area contributed by atoms with Crippen molar-refractivity contribution in [3.8, 4) is 5.75 Å². The summed E-state index contributed by atoms with van der Waals surface area (Å²) in [5.74, 6) is 1.63. The van der Waals surface area contributed by atoms with Gasteiger partial charge in [0.25, 0.3) is 0 Å². The summed E-state index contributed by atoms with van der Waals surface area (Å²) in [4.78, 5) is 9.96. The zero-order chi connectivity index (χ0) is 20.5. The Morgan fingerprint density at radius 3 is 2.55 bits per heavy atom. The van der Waals surface area contributed by atoms with Crippen molar-refractivity contribution in [3.63, 3.8) is 0 Å². The Kier molecular flexibility index (Phi) is 7.25. The predicted molar refractivity (Wildman–Crippen MR) is 121 cm³/mol. The fourth-order valence-electron chi connectivity index (χ4n) is 2.81. The van der Waals surface area contributed by atoms with Gasteiger partial charge in [0.1, 0.15) is 12.4 Å². The van der Waals surface area contributed by atoms with Gasteiger partial charge in [-0.2, -0.15) is 0 Å². The molecule has 5 nitrogen and oxygen atoms in total. The molecule has 0 aliphatic carbocycles. The van der Waals surface area contributed by atoms with Crippen LogP contribution in [0.1, 0.15) is 30.0 Å². The third-order valence-electron chi connectivity index (χ3n) is 4.61. The highest BCUT2D eigenvalue weighted by Gasteiger charge is 2.21. The number of thiophene rings is 1. The SMILES string of the molecule is CN=C(NCc1ccc(OCc2ccccn2)cc1)NCC(C)(C)c1cccs1. The zero-order valence-electron chi connectivity index (χ0n) is 17.2. The minimum Gasteiger partial charge on any atom is -0.487 e. The molecule has 0 saturated carbocycles. The van der Waals surface area contributed by atoms with Gasteiger partial charge in [0.05, 0.1) is 5.69 Å². The van der Waals surface area contributed by atoms with E-state index in [1.807, 2.05) is 30.3 Å². The van der Waals surface area contributed by atoms with Gasteiger partial charge >= 0.3 is 0 Å². The highest BCUT2D eigenvalue weighted by Crippen LogP contribution is 2.26. The molecular formula is C23H28N4OS. The molecule has 0 aliphatic heterocycles. The molecule has 0 amide bonds. The average Bonchev–Trinajstić information content (AvgIpc) is 3.30. The van der Waals surface area contributed by atoms with Crippen molar-refractivity contribution >= 4 is 17.3 Å². The Morgan fingerprint density at radius 1 is 1.07 bits per heavy atom. The quantitative estimate of drug-likeness (QED) is 0.429. The molecule has 3 aromatic rings. The number of aromatic nitrogens is 1. The summed E-state index contributed by atoms with van der Waals surface area (Å²) < 4.78 is 5.79. The molecule has 0 bridgehead atoms. The Morgan fingerprint density at radius 2 is 1.90 bits per heavy atom. The van der Waals surface area contributed by atoms with E-state index in [2.05, 4.69) is 64.1 Å². The van der Waals surface area contributed by atoms with E-state index in [0.717, 1.165) is 29.5 Å². The highest BCUT2D eigenvalue weighted by molar-refractivity contribution is 7.10. The average molecular weight is 409 g/mol. The van der Waals surface area contributed by atoms with E-state index < -0.39 is 0 Å². The molecule has 2 N–H and O–H groups in total. The standard InChI is InChI=1S/C23H28N4OS/c1-23(2,21-8-6-14-29-21)17-27-22(24-3)26-15-18-9-11-20(12-10-18)28-16-19-7-4-5-13-25-19/h4-14H,15-17H2,1-3H3,(H2,24,26,27). The van der Waals surface area contributed by atoms with Gasteiger partial charge in [-0.15, -0.1) is 11.3 Å². The highest BCUT2D eigenvalue weighted by atomic mass is 32.1. The van der Waals surface area contributed by atoms with Crippen LogP contribution in [0.2, 0.25) is 0 Å². The molecule has 0 radical (unpaired) electrons.